The van der Waals surface area contributed by atoms with Crippen LogP contribution in [0.5, 0.6) is 0 Å². The zero-order valence-corrected chi connectivity index (χ0v) is 17.1. The average molecular weight is 492 g/mol. The van der Waals surface area contributed by atoms with Crippen molar-refractivity contribution in [3.8, 4) is 0 Å². The van der Waals surface area contributed by atoms with Crippen LogP contribution < -0.4 is 10.6 Å². The highest BCUT2D eigenvalue weighted by molar-refractivity contribution is 14.0. The number of aliphatic imine (C=N–C) groups is 1. The Balaban J connectivity index is 0.00000364. The van der Waals surface area contributed by atoms with Gasteiger partial charge in [-0.25, -0.2) is 13.2 Å². The average Bonchev–Trinajstić information content (AvgIpc) is 2.63. The minimum atomic E-state index is -1.63. The van der Waals surface area contributed by atoms with Crippen LogP contribution in [0.25, 0.3) is 0 Å². The van der Waals surface area contributed by atoms with Crippen molar-refractivity contribution in [1.82, 2.24) is 10.2 Å². The molecule has 5 nitrogen and oxygen atoms in total. The molecule has 0 bridgehead atoms. The summed E-state index contributed by atoms with van der Waals surface area (Å²) in [5, 5.41) is 5.02. The Labute approximate surface area is 172 Å². The fraction of sp³-hybridized carbons (Fsp3) is 0.222. The summed E-state index contributed by atoms with van der Waals surface area (Å²) in [7, 11) is 3.37. The van der Waals surface area contributed by atoms with Crippen LogP contribution in [0.3, 0.4) is 0 Å². The fourth-order valence-corrected chi connectivity index (χ4v) is 2.29. The molecular weight excluding hydrogens is 472 g/mol. The second-order valence-electron chi connectivity index (χ2n) is 5.51. The second kappa shape index (κ2) is 10.8. The van der Waals surface area contributed by atoms with Crippen molar-refractivity contribution >= 4 is 41.5 Å². The fourth-order valence-electron chi connectivity index (χ4n) is 2.29. The van der Waals surface area contributed by atoms with Crippen molar-refractivity contribution in [3.63, 3.8) is 0 Å². The topological polar surface area (TPSA) is 56.7 Å². The van der Waals surface area contributed by atoms with E-state index in [4.69, 9.17) is 0 Å². The van der Waals surface area contributed by atoms with Crippen LogP contribution in [-0.4, -0.2) is 37.4 Å². The summed E-state index contributed by atoms with van der Waals surface area (Å²) in [6.45, 7) is 0.351. The van der Waals surface area contributed by atoms with Gasteiger partial charge in [0.15, 0.2) is 23.4 Å². The Hall–Kier alpha value is -2.30. The van der Waals surface area contributed by atoms with Gasteiger partial charge in [0.05, 0.1) is 12.2 Å². The van der Waals surface area contributed by atoms with E-state index in [1.54, 1.807) is 19.0 Å². The molecule has 27 heavy (non-hydrogen) atoms. The number of halogens is 4. The minimum Gasteiger partial charge on any atom is -0.347 e. The number of rotatable bonds is 5. The lowest BCUT2D eigenvalue weighted by atomic mass is 10.2. The Bertz CT molecular complexity index is 803. The van der Waals surface area contributed by atoms with Gasteiger partial charge in [-0.05, 0) is 17.7 Å². The number of hydrogen-bond donors (Lipinski definition) is 2. The minimum absolute atomic E-state index is 0. The van der Waals surface area contributed by atoms with Crippen molar-refractivity contribution in [2.45, 2.75) is 6.54 Å². The molecule has 9 heteroatoms. The first-order valence-electron chi connectivity index (χ1n) is 7.81. The lowest BCUT2D eigenvalue weighted by Gasteiger charge is -2.22. The van der Waals surface area contributed by atoms with Gasteiger partial charge in [-0.15, -0.1) is 24.0 Å². The molecule has 2 aromatic rings. The normalized spacial score (nSPS) is 10.8. The van der Waals surface area contributed by atoms with Crippen LogP contribution in [0.2, 0.25) is 0 Å². The quantitative estimate of drug-likeness (QED) is 0.292. The molecule has 0 fully saturated rings. The molecule has 0 saturated carbocycles. The van der Waals surface area contributed by atoms with Crippen molar-refractivity contribution in [2.75, 3.05) is 26.0 Å². The number of anilines is 1. The molecule has 2 N–H and O–H groups in total. The van der Waals surface area contributed by atoms with Crippen LogP contribution in [0.1, 0.15) is 5.56 Å². The third-order valence-electron chi connectivity index (χ3n) is 3.55. The van der Waals surface area contributed by atoms with E-state index < -0.39 is 29.0 Å². The van der Waals surface area contributed by atoms with Crippen molar-refractivity contribution in [1.29, 1.82) is 0 Å². The zero-order chi connectivity index (χ0) is 19.1. The van der Waals surface area contributed by atoms with Crippen LogP contribution in [0, 0.1) is 17.5 Å². The van der Waals surface area contributed by atoms with Gasteiger partial charge in [0.2, 0.25) is 5.91 Å². The van der Waals surface area contributed by atoms with Gasteiger partial charge < -0.3 is 15.5 Å². The van der Waals surface area contributed by atoms with Crippen molar-refractivity contribution in [2.24, 2.45) is 4.99 Å². The van der Waals surface area contributed by atoms with Gasteiger partial charge in [-0.2, -0.15) is 0 Å². The number of nitrogens with zero attached hydrogens (tertiary/aromatic N) is 2. The number of carbonyl (C=O) groups excluding carboxylic acids is 1. The molecule has 0 saturated heterocycles. The van der Waals surface area contributed by atoms with E-state index in [0.717, 1.165) is 17.7 Å². The van der Waals surface area contributed by atoms with Gasteiger partial charge in [0.25, 0.3) is 0 Å². The summed E-state index contributed by atoms with van der Waals surface area (Å²) in [6.07, 6.45) is 0. The van der Waals surface area contributed by atoms with Crippen LogP contribution >= 0.6 is 24.0 Å². The molecule has 0 radical (unpaired) electrons. The van der Waals surface area contributed by atoms with Crippen molar-refractivity contribution in [3.05, 3.63) is 65.5 Å². The maximum absolute atomic E-state index is 13.6. The molecule has 0 aliphatic carbocycles. The van der Waals surface area contributed by atoms with Gasteiger partial charge in [0.1, 0.15) is 0 Å². The van der Waals surface area contributed by atoms with Crippen LogP contribution in [0.4, 0.5) is 18.9 Å². The van der Waals surface area contributed by atoms with E-state index in [1.165, 1.54) is 0 Å². The van der Waals surface area contributed by atoms with Crippen LogP contribution in [-0.2, 0) is 11.3 Å². The highest BCUT2D eigenvalue weighted by Gasteiger charge is 2.15. The standard InChI is InChI=1S/C18H19F3N4O.HI/c1-22-18(25(2)11-12-6-4-3-5-7-12)23-10-15(26)24-14-9-8-13(19)16(20)17(14)21;/h3-9H,10-11H2,1-2H3,(H,22,23)(H,24,26);1H. The summed E-state index contributed by atoms with van der Waals surface area (Å²) in [4.78, 5) is 17.8. The molecule has 0 heterocycles. The van der Waals surface area contributed by atoms with Gasteiger partial charge in [0, 0.05) is 20.6 Å². The van der Waals surface area contributed by atoms with E-state index in [1.807, 2.05) is 30.3 Å². The molecule has 2 aromatic carbocycles. The predicted octanol–water partition coefficient (Wildman–Crippen LogP) is 3.37. The first-order chi connectivity index (χ1) is 12.4. The van der Waals surface area contributed by atoms with E-state index in [9.17, 15) is 18.0 Å². The first-order valence-corrected chi connectivity index (χ1v) is 7.81. The monoisotopic (exact) mass is 492 g/mol. The van der Waals surface area contributed by atoms with Gasteiger partial charge in [-0.3, -0.25) is 9.79 Å². The summed E-state index contributed by atoms with van der Waals surface area (Å²) < 4.78 is 39.7. The van der Waals surface area contributed by atoms with Gasteiger partial charge >= 0.3 is 0 Å². The highest BCUT2D eigenvalue weighted by atomic mass is 127. The second-order valence-corrected chi connectivity index (χ2v) is 5.51. The third kappa shape index (κ3) is 6.42. The van der Waals surface area contributed by atoms with E-state index in [0.29, 0.717) is 12.5 Å². The van der Waals surface area contributed by atoms with E-state index in [-0.39, 0.29) is 30.5 Å². The highest BCUT2D eigenvalue weighted by Crippen LogP contribution is 2.19. The molecule has 0 spiro atoms. The number of amides is 1. The molecule has 0 aliphatic rings. The van der Waals surface area contributed by atoms with E-state index >= 15 is 0 Å². The predicted molar refractivity (Wildman–Crippen MR) is 110 cm³/mol. The largest absolute Gasteiger partial charge is 0.347 e. The lowest BCUT2D eigenvalue weighted by molar-refractivity contribution is -0.115. The third-order valence-corrected chi connectivity index (χ3v) is 3.55. The first kappa shape index (κ1) is 22.7. The number of guanidine groups is 1. The number of nitrogens with one attached hydrogen (secondary N) is 2. The Morgan fingerprint density at radius 1 is 1.07 bits per heavy atom. The Morgan fingerprint density at radius 3 is 2.37 bits per heavy atom. The molecular formula is C18H20F3IN4O. The Morgan fingerprint density at radius 2 is 1.74 bits per heavy atom. The summed E-state index contributed by atoms with van der Waals surface area (Å²) in [5.74, 6) is -4.56. The molecule has 0 aliphatic heterocycles. The molecule has 2 rings (SSSR count). The molecule has 0 aromatic heterocycles. The zero-order valence-electron chi connectivity index (χ0n) is 14.8. The van der Waals surface area contributed by atoms with Crippen LogP contribution in [0.15, 0.2) is 47.5 Å². The van der Waals surface area contributed by atoms with Gasteiger partial charge in [-0.1, -0.05) is 30.3 Å². The smallest absolute Gasteiger partial charge is 0.243 e. The summed E-state index contributed by atoms with van der Waals surface area (Å²) >= 11 is 0. The number of hydrogen-bond acceptors (Lipinski definition) is 2. The lowest BCUT2D eigenvalue weighted by Crippen LogP contribution is -2.42. The molecule has 146 valence electrons. The molecule has 1 amide bonds. The Kier molecular flexibility index (Phi) is 9.06. The number of carbonyl (C=O) groups is 1. The summed E-state index contributed by atoms with van der Waals surface area (Å²) in [5.41, 5.74) is 0.634. The summed E-state index contributed by atoms with van der Waals surface area (Å²) in [6, 6.07) is 11.4. The maximum Gasteiger partial charge on any atom is 0.243 e. The maximum atomic E-state index is 13.6. The number of benzene rings is 2. The van der Waals surface area contributed by atoms with Crippen molar-refractivity contribution < 1.29 is 18.0 Å². The molecule has 0 unspecified atom stereocenters. The SMILES string of the molecule is CN=C(NCC(=O)Nc1ccc(F)c(F)c1F)N(C)Cc1ccccc1.I. The molecule has 0 atom stereocenters. The van der Waals surface area contributed by atoms with E-state index in [2.05, 4.69) is 15.6 Å².